The Morgan fingerprint density at radius 3 is 3.00 bits per heavy atom. The molecule has 120 valence electrons. The first-order chi connectivity index (χ1) is 11.0. The van der Waals surface area contributed by atoms with E-state index < -0.39 is 6.10 Å². The van der Waals surface area contributed by atoms with Crippen molar-refractivity contribution in [3.8, 4) is 5.75 Å². The molecule has 6 heteroatoms. The number of rotatable bonds is 5. The third-order valence-corrected chi connectivity index (χ3v) is 4.45. The molecule has 1 aromatic carbocycles. The Bertz CT molecular complexity index is 885. The summed E-state index contributed by atoms with van der Waals surface area (Å²) >= 11 is 1.43. The molecule has 0 saturated heterocycles. The second-order valence-corrected chi connectivity index (χ2v) is 6.47. The summed E-state index contributed by atoms with van der Waals surface area (Å²) in [6, 6.07) is 7.69. The minimum Gasteiger partial charge on any atom is -0.491 e. The molecule has 0 bridgehead atoms. The fourth-order valence-electron chi connectivity index (χ4n) is 2.35. The quantitative estimate of drug-likeness (QED) is 0.781. The van der Waals surface area contributed by atoms with Crippen molar-refractivity contribution < 1.29 is 9.84 Å². The molecule has 0 fully saturated rings. The standard InChI is InChI=1S/C17H18N2O3S/c1-11-3-4-12(2)15(7-11)22-9-13(20)8-19-10-18-16-14(17(19)21)5-6-23-16/h3-7,10,13,20H,8-9H2,1-2H3. The highest BCUT2D eigenvalue weighted by Gasteiger charge is 2.11. The largest absolute Gasteiger partial charge is 0.491 e. The molecule has 23 heavy (non-hydrogen) atoms. The zero-order valence-electron chi connectivity index (χ0n) is 13.0. The maximum atomic E-state index is 12.3. The van der Waals surface area contributed by atoms with E-state index in [1.54, 1.807) is 6.07 Å². The van der Waals surface area contributed by atoms with E-state index >= 15 is 0 Å². The van der Waals surface area contributed by atoms with Crippen LogP contribution in [0.5, 0.6) is 5.75 Å². The van der Waals surface area contributed by atoms with Gasteiger partial charge in [-0.1, -0.05) is 12.1 Å². The van der Waals surface area contributed by atoms with E-state index in [1.165, 1.54) is 22.2 Å². The number of benzene rings is 1. The maximum Gasteiger partial charge on any atom is 0.262 e. The molecule has 0 aliphatic heterocycles. The van der Waals surface area contributed by atoms with E-state index in [2.05, 4.69) is 4.98 Å². The summed E-state index contributed by atoms with van der Waals surface area (Å²) in [7, 11) is 0. The summed E-state index contributed by atoms with van der Waals surface area (Å²) in [6.45, 7) is 4.23. The first-order valence-corrected chi connectivity index (χ1v) is 8.23. The van der Waals surface area contributed by atoms with Crippen LogP contribution in [-0.2, 0) is 6.54 Å². The van der Waals surface area contributed by atoms with Crippen LogP contribution in [-0.4, -0.2) is 27.4 Å². The molecule has 0 radical (unpaired) electrons. The summed E-state index contributed by atoms with van der Waals surface area (Å²) in [5.74, 6) is 0.753. The molecule has 0 amide bonds. The van der Waals surface area contributed by atoms with E-state index in [-0.39, 0.29) is 18.7 Å². The van der Waals surface area contributed by atoms with E-state index in [4.69, 9.17) is 4.74 Å². The number of aryl methyl sites for hydroxylation is 2. The molecular weight excluding hydrogens is 312 g/mol. The molecule has 1 N–H and O–H groups in total. The number of aliphatic hydroxyl groups excluding tert-OH is 1. The number of fused-ring (bicyclic) bond motifs is 1. The normalized spacial score (nSPS) is 12.5. The second-order valence-electron chi connectivity index (χ2n) is 5.58. The predicted octanol–water partition coefficient (Wildman–Crippen LogP) is 2.51. The van der Waals surface area contributed by atoms with Gasteiger partial charge in [-0.15, -0.1) is 11.3 Å². The molecule has 3 rings (SSSR count). The number of ether oxygens (including phenoxy) is 1. The molecule has 1 atom stereocenters. The van der Waals surface area contributed by atoms with Gasteiger partial charge in [0.1, 0.15) is 23.3 Å². The lowest BCUT2D eigenvalue weighted by Gasteiger charge is -2.15. The van der Waals surface area contributed by atoms with E-state index in [0.29, 0.717) is 10.2 Å². The molecular formula is C17H18N2O3S. The molecule has 0 aliphatic rings. The minimum atomic E-state index is -0.787. The third kappa shape index (κ3) is 3.43. The van der Waals surface area contributed by atoms with E-state index in [0.717, 1.165) is 16.9 Å². The van der Waals surface area contributed by atoms with Gasteiger partial charge in [-0.2, -0.15) is 0 Å². The number of nitrogens with zero attached hydrogens (tertiary/aromatic N) is 2. The summed E-state index contributed by atoms with van der Waals surface area (Å²) in [4.78, 5) is 17.2. The van der Waals surface area contributed by atoms with Crippen molar-refractivity contribution >= 4 is 21.6 Å². The Hall–Kier alpha value is -2.18. The van der Waals surface area contributed by atoms with Gasteiger partial charge in [-0.05, 0) is 42.5 Å². The van der Waals surface area contributed by atoms with Gasteiger partial charge in [0, 0.05) is 0 Å². The smallest absolute Gasteiger partial charge is 0.262 e. The van der Waals surface area contributed by atoms with Crippen LogP contribution in [0.1, 0.15) is 11.1 Å². The number of aromatic nitrogens is 2. The molecule has 5 nitrogen and oxygen atoms in total. The van der Waals surface area contributed by atoms with Gasteiger partial charge in [-0.25, -0.2) is 4.98 Å². The Morgan fingerprint density at radius 2 is 2.17 bits per heavy atom. The fraction of sp³-hybridized carbons (Fsp3) is 0.294. The average molecular weight is 330 g/mol. The molecule has 0 saturated carbocycles. The molecule has 0 aliphatic carbocycles. The number of thiophene rings is 1. The predicted molar refractivity (Wildman–Crippen MR) is 91.3 cm³/mol. The van der Waals surface area contributed by atoms with Crippen molar-refractivity contribution in [2.45, 2.75) is 26.5 Å². The highest BCUT2D eigenvalue weighted by atomic mass is 32.1. The Balaban J connectivity index is 1.69. The summed E-state index contributed by atoms with van der Waals surface area (Å²) in [6.07, 6.45) is 0.688. The van der Waals surface area contributed by atoms with Crippen molar-refractivity contribution in [2.24, 2.45) is 0 Å². The zero-order chi connectivity index (χ0) is 16.4. The molecule has 1 unspecified atom stereocenters. The van der Waals surface area contributed by atoms with Gasteiger partial charge in [-0.3, -0.25) is 9.36 Å². The van der Waals surface area contributed by atoms with Crippen molar-refractivity contribution in [2.75, 3.05) is 6.61 Å². The molecule has 3 aromatic rings. The van der Waals surface area contributed by atoms with E-state index in [1.807, 2.05) is 37.4 Å². The van der Waals surface area contributed by atoms with Gasteiger partial charge < -0.3 is 9.84 Å². The third-order valence-electron chi connectivity index (χ3n) is 3.63. The topological polar surface area (TPSA) is 64.3 Å². The van der Waals surface area contributed by atoms with Gasteiger partial charge in [0.15, 0.2) is 0 Å². The average Bonchev–Trinajstić information content (AvgIpc) is 3.00. The van der Waals surface area contributed by atoms with Gasteiger partial charge in [0.05, 0.1) is 18.3 Å². The summed E-state index contributed by atoms with van der Waals surface area (Å²) < 4.78 is 7.10. The van der Waals surface area contributed by atoms with Crippen LogP contribution in [0.3, 0.4) is 0 Å². The zero-order valence-corrected chi connectivity index (χ0v) is 13.8. The SMILES string of the molecule is Cc1ccc(C)c(OCC(O)Cn2cnc3sccc3c2=O)c1. The van der Waals surface area contributed by atoms with Crippen LogP contribution in [0.4, 0.5) is 0 Å². The summed E-state index contributed by atoms with van der Waals surface area (Å²) in [5.41, 5.74) is 1.98. The molecule has 0 spiro atoms. The number of hydrogen-bond donors (Lipinski definition) is 1. The van der Waals surface area contributed by atoms with Crippen molar-refractivity contribution in [1.29, 1.82) is 0 Å². The monoisotopic (exact) mass is 330 g/mol. The lowest BCUT2D eigenvalue weighted by atomic mass is 10.1. The van der Waals surface area contributed by atoms with Crippen LogP contribution in [0.15, 0.2) is 40.8 Å². The highest BCUT2D eigenvalue weighted by molar-refractivity contribution is 7.16. The summed E-state index contributed by atoms with van der Waals surface area (Å²) in [5, 5.41) is 12.6. The van der Waals surface area contributed by atoms with Crippen molar-refractivity contribution in [1.82, 2.24) is 9.55 Å². The lowest BCUT2D eigenvalue weighted by Crippen LogP contribution is -2.30. The fourth-order valence-corrected chi connectivity index (χ4v) is 3.08. The molecule has 2 aromatic heterocycles. The number of aliphatic hydroxyl groups is 1. The minimum absolute atomic E-state index is 0.123. The van der Waals surface area contributed by atoms with Gasteiger partial charge >= 0.3 is 0 Å². The van der Waals surface area contributed by atoms with Crippen LogP contribution < -0.4 is 10.3 Å². The Kier molecular flexibility index (Phi) is 4.45. The first-order valence-electron chi connectivity index (χ1n) is 7.35. The second kappa shape index (κ2) is 6.52. The highest BCUT2D eigenvalue weighted by Crippen LogP contribution is 2.19. The van der Waals surface area contributed by atoms with Crippen molar-refractivity contribution in [3.05, 3.63) is 57.5 Å². The number of hydrogen-bond acceptors (Lipinski definition) is 5. The lowest BCUT2D eigenvalue weighted by molar-refractivity contribution is 0.0911. The Labute approximate surface area is 137 Å². The van der Waals surface area contributed by atoms with E-state index in [9.17, 15) is 9.90 Å². The maximum absolute atomic E-state index is 12.3. The molecule has 2 heterocycles. The van der Waals surface area contributed by atoms with Gasteiger partial charge in [0.25, 0.3) is 5.56 Å². The van der Waals surface area contributed by atoms with Crippen LogP contribution in [0.25, 0.3) is 10.2 Å². The van der Waals surface area contributed by atoms with Gasteiger partial charge in [0.2, 0.25) is 0 Å². The van der Waals surface area contributed by atoms with Crippen LogP contribution in [0, 0.1) is 13.8 Å². The first kappa shape index (κ1) is 15.7. The van der Waals surface area contributed by atoms with Crippen molar-refractivity contribution in [3.63, 3.8) is 0 Å². The van der Waals surface area contributed by atoms with Crippen LogP contribution >= 0.6 is 11.3 Å². The Morgan fingerprint density at radius 1 is 1.35 bits per heavy atom. The van der Waals surface area contributed by atoms with Crippen LogP contribution in [0.2, 0.25) is 0 Å².